The van der Waals surface area contributed by atoms with Crippen molar-refractivity contribution in [1.82, 2.24) is 20.3 Å². The van der Waals surface area contributed by atoms with Crippen LogP contribution in [-0.4, -0.2) is 75.7 Å². The second kappa shape index (κ2) is 10.7. The molecule has 3 atom stereocenters. The predicted molar refractivity (Wildman–Crippen MR) is 131 cm³/mol. The van der Waals surface area contributed by atoms with Gasteiger partial charge in [0.15, 0.2) is 0 Å². The molecule has 0 spiro atoms. The zero-order valence-corrected chi connectivity index (χ0v) is 21.2. The summed E-state index contributed by atoms with van der Waals surface area (Å²) in [4.78, 5) is 36.7. The molecule has 1 aromatic rings. The number of aliphatic hydroxyl groups is 1. The van der Waals surface area contributed by atoms with Crippen molar-refractivity contribution in [3.63, 3.8) is 0 Å². The van der Waals surface area contributed by atoms with Crippen LogP contribution in [0.4, 0.5) is 23.8 Å². The second-order valence-corrected chi connectivity index (χ2v) is 10.8. The highest BCUT2D eigenvalue weighted by Crippen LogP contribution is 2.37. The van der Waals surface area contributed by atoms with Crippen LogP contribution < -0.4 is 10.6 Å². The molecule has 3 N–H and O–H groups in total. The molecule has 3 amide bonds. The van der Waals surface area contributed by atoms with E-state index in [9.17, 15) is 27.9 Å². The fourth-order valence-corrected chi connectivity index (χ4v) is 5.59. The quantitative estimate of drug-likeness (QED) is 0.468. The Morgan fingerprint density at radius 2 is 2.00 bits per heavy atom. The van der Waals surface area contributed by atoms with E-state index in [2.05, 4.69) is 22.4 Å². The molecule has 208 valence electrons. The molecule has 0 bridgehead atoms. The van der Waals surface area contributed by atoms with Gasteiger partial charge in [-0.15, -0.1) is 0 Å². The summed E-state index contributed by atoms with van der Waals surface area (Å²) in [5.41, 5.74) is 1.31. The van der Waals surface area contributed by atoms with Crippen LogP contribution in [0.5, 0.6) is 0 Å². The highest BCUT2D eigenvalue weighted by molar-refractivity contribution is 5.96. The molecule has 1 saturated heterocycles. The topological polar surface area (TPSA) is 119 Å². The van der Waals surface area contributed by atoms with Crippen LogP contribution in [0.15, 0.2) is 23.5 Å². The summed E-state index contributed by atoms with van der Waals surface area (Å²) >= 11 is 0. The van der Waals surface area contributed by atoms with Crippen molar-refractivity contribution in [1.29, 1.82) is 0 Å². The third-order valence-corrected chi connectivity index (χ3v) is 8.02. The van der Waals surface area contributed by atoms with Gasteiger partial charge in [0.1, 0.15) is 17.9 Å². The van der Waals surface area contributed by atoms with E-state index in [1.54, 1.807) is 5.06 Å². The molecule has 3 heterocycles. The Balaban J connectivity index is 1.31. The van der Waals surface area contributed by atoms with E-state index < -0.39 is 43.5 Å². The second-order valence-electron chi connectivity index (χ2n) is 10.8. The van der Waals surface area contributed by atoms with E-state index in [0.29, 0.717) is 23.9 Å². The van der Waals surface area contributed by atoms with E-state index in [4.69, 9.17) is 4.94 Å². The van der Waals surface area contributed by atoms with Crippen LogP contribution in [0.2, 0.25) is 0 Å². The molecule has 5 rings (SSSR count). The van der Waals surface area contributed by atoms with Gasteiger partial charge in [-0.1, -0.05) is 30.0 Å². The summed E-state index contributed by atoms with van der Waals surface area (Å²) < 4.78 is 39.5. The normalized spacial score (nSPS) is 27.9. The Morgan fingerprint density at radius 3 is 2.63 bits per heavy atom. The lowest BCUT2D eigenvalue weighted by Crippen LogP contribution is -2.49. The fourth-order valence-electron chi connectivity index (χ4n) is 5.59. The Kier molecular flexibility index (Phi) is 7.49. The zero-order valence-electron chi connectivity index (χ0n) is 21.2. The number of aromatic nitrogens is 1. The highest BCUT2D eigenvalue weighted by atomic mass is 19.4. The van der Waals surface area contributed by atoms with Crippen molar-refractivity contribution in [2.45, 2.75) is 69.8 Å². The number of oxime groups is 1. The number of rotatable bonds is 8. The summed E-state index contributed by atoms with van der Waals surface area (Å²) in [6.07, 6.45) is 2.73. The maximum atomic E-state index is 13.6. The molecule has 2 aliphatic carbocycles. The molecule has 10 nitrogen and oxygen atoms in total. The third-order valence-electron chi connectivity index (χ3n) is 8.02. The lowest BCUT2D eigenvalue weighted by Gasteiger charge is -2.34. The number of aliphatic hydroxyl groups excluding tert-OH is 1. The summed E-state index contributed by atoms with van der Waals surface area (Å²) in [6, 6.07) is -1.58. The predicted octanol–water partition coefficient (Wildman–Crippen LogP) is 3.22. The van der Waals surface area contributed by atoms with Gasteiger partial charge in [-0.25, -0.2) is 9.78 Å². The number of alkyl halides is 3. The molecule has 0 aromatic carbocycles. The van der Waals surface area contributed by atoms with Crippen LogP contribution >= 0.6 is 0 Å². The lowest BCUT2D eigenvalue weighted by molar-refractivity contribution is -0.180. The van der Waals surface area contributed by atoms with Gasteiger partial charge < -0.3 is 20.6 Å². The van der Waals surface area contributed by atoms with Crippen LogP contribution in [0, 0.1) is 17.8 Å². The summed E-state index contributed by atoms with van der Waals surface area (Å²) in [6.45, 7) is 1.45. The number of hydrogen-bond donors (Lipinski definition) is 3. The maximum absolute atomic E-state index is 13.6. The Bertz CT molecular complexity index is 1070. The fraction of sp³-hybridized carbons (Fsp3) is 0.680. The van der Waals surface area contributed by atoms with Gasteiger partial charge in [-0.2, -0.15) is 13.2 Å². The van der Waals surface area contributed by atoms with E-state index in [-0.39, 0.29) is 17.6 Å². The smallest absolute Gasteiger partial charge is 0.394 e. The molecular formula is C25H33F3N6O4. The number of halogens is 3. The lowest BCUT2D eigenvalue weighted by atomic mass is 9.78. The molecule has 38 heavy (non-hydrogen) atoms. The van der Waals surface area contributed by atoms with E-state index in [1.807, 2.05) is 5.32 Å². The average Bonchev–Trinajstić information content (AvgIpc) is 3.48. The van der Waals surface area contributed by atoms with E-state index in [0.717, 1.165) is 49.1 Å². The number of nitrogens with zero attached hydrogens (tertiary/aromatic N) is 4. The number of nitrogens with one attached hydrogen (secondary N) is 2. The summed E-state index contributed by atoms with van der Waals surface area (Å²) in [5, 5.41) is 20.6. The average molecular weight is 539 g/mol. The van der Waals surface area contributed by atoms with Crippen molar-refractivity contribution in [3.05, 3.63) is 23.9 Å². The number of pyridine rings is 1. The first-order chi connectivity index (χ1) is 18.1. The number of urea groups is 1. The summed E-state index contributed by atoms with van der Waals surface area (Å²) in [7, 11) is 0. The summed E-state index contributed by atoms with van der Waals surface area (Å²) in [5.74, 6) is 0.957. The number of carbonyl (C=O) groups excluding carboxylic acids is 2. The van der Waals surface area contributed by atoms with Gasteiger partial charge in [0.05, 0.1) is 31.4 Å². The number of anilines is 1. The minimum atomic E-state index is -4.60. The number of carbonyl (C=O) groups is 2. The van der Waals surface area contributed by atoms with Gasteiger partial charge in [-0.3, -0.25) is 9.73 Å². The standard InChI is InChI=1S/C25H33F3N6O4/c1-14-2-4-16(5-3-14)22(34-11-18(32-38-34)15-6-7-15)23(36)31-21-10-17(8-9-29-21)19(13-35)33-12-20(25(26,27)28)30-24(33)37/h8-10,14-16,19-20,22,35H,2-7,11-13H2,1H3,(H,30,37)(H,29,31,36)/t14?,16?,19?,20-,22-/m0/s1. The molecular weight excluding hydrogens is 505 g/mol. The van der Waals surface area contributed by atoms with Crippen molar-refractivity contribution in [2.75, 3.05) is 25.0 Å². The van der Waals surface area contributed by atoms with Gasteiger partial charge in [-0.05, 0) is 55.2 Å². The largest absolute Gasteiger partial charge is 0.410 e. The molecule has 0 radical (unpaired) electrons. The van der Waals surface area contributed by atoms with Crippen molar-refractivity contribution in [2.24, 2.45) is 22.9 Å². The molecule has 4 aliphatic rings. The van der Waals surface area contributed by atoms with Gasteiger partial charge in [0.25, 0.3) is 0 Å². The maximum Gasteiger partial charge on any atom is 0.410 e. The van der Waals surface area contributed by atoms with E-state index in [1.165, 1.54) is 18.3 Å². The van der Waals surface area contributed by atoms with Crippen LogP contribution in [-0.2, 0) is 9.73 Å². The van der Waals surface area contributed by atoms with E-state index >= 15 is 0 Å². The van der Waals surface area contributed by atoms with Crippen molar-refractivity contribution in [3.8, 4) is 0 Å². The first-order valence-electron chi connectivity index (χ1n) is 13.2. The minimum Gasteiger partial charge on any atom is -0.394 e. The van der Waals surface area contributed by atoms with Crippen LogP contribution in [0.1, 0.15) is 57.1 Å². The Morgan fingerprint density at radius 1 is 1.26 bits per heavy atom. The molecule has 2 saturated carbocycles. The van der Waals surface area contributed by atoms with Gasteiger partial charge >= 0.3 is 12.2 Å². The van der Waals surface area contributed by atoms with Crippen molar-refractivity contribution >= 4 is 23.5 Å². The highest BCUT2D eigenvalue weighted by Gasteiger charge is 2.48. The van der Waals surface area contributed by atoms with Crippen molar-refractivity contribution < 1.29 is 32.8 Å². The number of hydrogen-bond acceptors (Lipinski definition) is 7. The SMILES string of the molecule is CC1CCC([C@@H](C(=O)Nc2cc(C(CO)N3C[C@@H](C(F)(F)F)NC3=O)ccn2)N2CC(C3CC3)=NO2)CC1. The van der Waals surface area contributed by atoms with Crippen LogP contribution in [0.25, 0.3) is 0 Å². The monoisotopic (exact) mass is 538 g/mol. The molecule has 2 aliphatic heterocycles. The zero-order chi connectivity index (χ0) is 27.0. The molecule has 3 fully saturated rings. The first-order valence-corrected chi connectivity index (χ1v) is 13.2. The first kappa shape index (κ1) is 26.7. The van der Waals surface area contributed by atoms with Crippen LogP contribution in [0.3, 0.4) is 0 Å². The minimum absolute atomic E-state index is 0.0703. The van der Waals surface area contributed by atoms with Gasteiger partial charge in [0.2, 0.25) is 5.91 Å². The number of hydroxylamine groups is 2. The molecule has 1 unspecified atom stereocenters. The number of amides is 3. The van der Waals surface area contributed by atoms with Gasteiger partial charge in [0, 0.05) is 12.1 Å². The Hall–Kier alpha value is -2.93. The Labute approximate surface area is 218 Å². The molecule has 1 aromatic heterocycles. The molecule has 13 heteroatoms. The third kappa shape index (κ3) is 5.73.